The first-order valence-corrected chi connectivity index (χ1v) is 10.1. The van der Waals surface area contributed by atoms with E-state index in [9.17, 15) is 4.79 Å². The lowest BCUT2D eigenvalue weighted by Gasteiger charge is -2.38. The molecule has 0 radical (unpaired) electrons. The molecule has 0 saturated carbocycles. The first-order valence-electron chi connectivity index (χ1n) is 10.1. The second-order valence-corrected chi connectivity index (χ2v) is 7.93. The summed E-state index contributed by atoms with van der Waals surface area (Å²) in [4.78, 5) is 15.8. The van der Waals surface area contributed by atoms with Gasteiger partial charge in [0.25, 0.3) is 0 Å². The fourth-order valence-corrected chi connectivity index (χ4v) is 5.08. The molecule has 7 heteroatoms. The number of rotatable bonds is 4. The maximum atomic E-state index is 13.5. The molecule has 0 saturated heterocycles. The Labute approximate surface area is 175 Å². The molecular weight excluding hydrogens is 386 g/mol. The maximum absolute atomic E-state index is 13.5. The predicted octanol–water partition coefficient (Wildman–Crippen LogP) is 3.03. The third kappa shape index (κ3) is 2.65. The Hall–Kier alpha value is -2.93. The van der Waals surface area contributed by atoms with Crippen molar-refractivity contribution in [1.82, 2.24) is 4.90 Å². The highest BCUT2D eigenvalue weighted by molar-refractivity contribution is 6.03. The lowest BCUT2D eigenvalue weighted by Crippen LogP contribution is -2.39. The summed E-state index contributed by atoms with van der Waals surface area (Å²) in [6.45, 7) is 1.04. The summed E-state index contributed by atoms with van der Waals surface area (Å²) in [5.74, 6) is 3.12. The largest absolute Gasteiger partial charge is 0.493 e. The maximum Gasteiger partial charge on any atom is 0.231 e. The van der Waals surface area contributed by atoms with Crippen molar-refractivity contribution in [1.29, 1.82) is 0 Å². The Morgan fingerprint density at radius 2 is 1.77 bits per heavy atom. The standard InChI is InChI=1S/C23H25NO6/c1-24-6-5-12-8-18-22(30-11-29-18)23(28-4)19(12)20(24)15-7-13-9-16(26-2)17(27-3)10-14(13)21(15)25/h8-10,15,20H,5-7,11H2,1-4H3/t15-,20-/m1/s1. The van der Waals surface area contributed by atoms with Gasteiger partial charge in [-0.25, -0.2) is 0 Å². The number of ether oxygens (including phenoxy) is 5. The van der Waals surface area contributed by atoms with Gasteiger partial charge in [-0.15, -0.1) is 0 Å². The SMILES string of the molecule is COc1cc2c(cc1OC)C(=O)[C@@H]([C@@H]1c3c(cc4c(c3OC)OCO4)CCN1C)C2. The van der Waals surface area contributed by atoms with Crippen LogP contribution in [0.3, 0.4) is 0 Å². The molecule has 7 nitrogen and oxygen atoms in total. The minimum atomic E-state index is -0.227. The van der Waals surface area contributed by atoms with Crippen LogP contribution in [0.15, 0.2) is 18.2 Å². The first kappa shape index (κ1) is 19.1. The number of likely N-dealkylation sites (N-methyl/N-ethyl adjacent to an activating group) is 1. The molecule has 5 rings (SSSR count). The molecule has 0 fully saturated rings. The average molecular weight is 411 g/mol. The normalized spacial score (nSPS) is 21.9. The van der Waals surface area contributed by atoms with Gasteiger partial charge in [0.1, 0.15) is 0 Å². The van der Waals surface area contributed by atoms with Crippen molar-refractivity contribution in [2.45, 2.75) is 18.9 Å². The van der Waals surface area contributed by atoms with Crippen molar-refractivity contribution in [3.63, 3.8) is 0 Å². The molecule has 2 aliphatic heterocycles. The molecule has 1 aliphatic carbocycles. The van der Waals surface area contributed by atoms with Crippen LogP contribution in [0.1, 0.15) is 33.1 Å². The van der Waals surface area contributed by atoms with Gasteiger partial charge in [-0.05, 0) is 49.2 Å². The van der Waals surface area contributed by atoms with Crippen LogP contribution in [-0.2, 0) is 12.8 Å². The van der Waals surface area contributed by atoms with Crippen LogP contribution < -0.4 is 23.7 Å². The molecule has 2 heterocycles. The molecule has 0 unspecified atom stereocenters. The second-order valence-electron chi connectivity index (χ2n) is 7.93. The summed E-state index contributed by atoms with van der Waals surface area (Å²) >= 11 is 0. The van der Waals surface area contributed by atoms with E-state index in [2.05, 4.69) is 11.9 Å². The van der Waals surface area contributed by atoms with Gasteiger partial charge in [0.05, 0.1) is 21.3 Å². The quantitative estimate of drug-likeness (QED) is 0.766. The summed E-state index contributed by atoms with van der Waals surface area (Å²) in [6, 6.07) is 5.65. The summed E-state index contributed by atoms with van der Waals surface area (Å²) in [5, 5.41) is 0. The van der Waals surface area contributed by atoms with Gasteiger partial charge in [-0.3, -0.25) is 9.69 Å². The summed E-state index contributed by atoms with van der Waals surface area (Å²) < 4.78 is 28.0. The van der Waals surface area contributed by atoms with E-state index in [1.165, 1.54) is 0 Å². The average Bonchev–Trinajstić information content (AvgIpc) is 3.35. The Bertz CT molecular complexity index is 1030. The van der Waals surface area contributed by atoms with Crippen LogP contribution in [0.5, 0.6) is 28.7 Å². The Morgan fingerprint density at radius 3 is 2.50 bits per heavy atom. The van der Waals surface area contributed by atoms with E-state index in [1.54, 1.807) is 27.4 Å². The van der Waals surface area contributed by atoms with Crippen LogP contribution in [-0.4, -0.2) is 52.4 Å². The number of benzene rings is 2. The molecule has 2 aromatic rings. The summed E-state index contributed by atoms with van der Waals surface area (Å²) in [7, 11) is 6.90. The number of fused-ring (bicyclic) bond motifs is 3. The number of carbonyl (C=O) groups excluding carboxylic acids is 1. The third-order valence-corrected chi connectivity index (χ3v) is 6.48. The van der Waals surface area contributed by atoms with Crippen molar-refractivity contribution in [3.8, 4) is 28.7 Å². The van der Waals surface area contributed by atoms with Gasteiger partial charge in [-0.2, -0.15) is 0 Å². The lowest BCUT2D eigenvalue weighted by atomic mass is 9.82. The number of methoxy groups -OCH3 is 3. The molecule has 0 spiro atoms. The molecule has 0 bridgehead atoms. The van der Waals surface area contributed by atoms with E-state index in [-0.39, 0.29) is 24.5 Å². The molecule has 3 aliphatic rings. The number of hydrogen-bond acceptors (Lipinski definition) is 7. The van der Waals surface area contributed by atoms with Gasteiger partial charge in [0.2, 0.25) is 12.5 Å². The lowest BCUT2D eigenvalue weighted by molar-refractivity contribution is 0.0816. The molecule has 0 amide bonds. The summed E-state index contributed by atoms with van der Waals surface area (Å²) in [5.41, 5.74) is 3.87. The van der Waals surface area contributed by atoms with Crippen molar-refractivity contribution < 1.29 is 28.5 Å². The molecule has 0 N–H and O–H groups in total. The highest BCUT2D eigenvalue weighted by Crippen LogP contribution is 2.53. The zero-order valence-corrected chi connectivity index (χ0v) is 17.6. The highest BCUT2D eigenvalue weighted by atomic mass is 16.7. The minimum absolute atomic E-state index is 0.116. The van der Waals surface area contributed by atoms with Crippen LogP contribution >= 0.6 is 0 Å². The molecule has 2 atom stereocenters. The van der Waals surface area contributed by atoms with E-state index in [0.29, 0.717) is 40.7 Å². The monoisotopic (exact) mass is 411 g/mol. The van der Waals surface area contributed by atoms with Crippen LogP contribution in [0.25, 0.3) is 0 Å². The van der Waals surface area contributed by atoms with Gasteiger partial charge in [-0.1, -0.05) is 0 Å². The fourth-order valence-electron chi connectivity index (χ4n) is 5.08. The fraction of sp³-hybridized carbons (Fsp3) is 0.435. The second kappa shape index (κ2) is 7.09. The molecule has 30 heavy (non-hydrogen) atoms. The molecule has 158 valence electrons. The van der Waals surface area contributed by atoms with Gasteiger partial charge in [0.15, 0.2) is 28.8 Å². The third-order valence-electron chi connectivity index (χ3n) is 6.48. The predicted molar refractivity (Wildman–Crippen MR) is 109 cm³/mol. The van der Waals surface area contributed by atoms with Crippen molar-refractivity contribution in [2.24, 2.45) is 5.92 Å². The molecular formula is C23H25NO6. The zero-order valence-electron chi connectivity index (χ0n) is 17.6. The smallest absolute Gasteiger partial charge is 0.231 e. The number of ketones is 1. The van der Waals surface area contributed by atoms with E-state index < -0.39 is 0 Å². The highest BCUT2D eigenvalue weighted by Gasteiger charge is 2.44. The van der Waals surface area contributed by atoms with Crippen LogP contribution in [0.4, 0.5) is 0 Å². The Balaban J connectivity index is 1.61. The van der Waals surface area contributed by atoms with Crippen molar-refractivity contribution >= 4 is 5.78 Å². The van der Waals surface area contributed by atoms with E-state index in [0.717, 1.165) is 29.7 Å². The Kier molecular flexibility index (Phi) is 4.50. The first-order chi connectivity index (χ1) is 14.6. The number of nitrogens with zero attached hydrogens (tertiary/aromatic N) is 1. The van der Waals surface area contributed by atoms with Gasteiger partial charge in [0, 0.05) is 29.6 Å². The van der Waals surface area contributed by atoms with E-state index in [4.69, 9.17) is 23.7 Å². The number of Topliss-reactive ketones (excluding diaryl/α,β-unsaturated/α-hetero) is 1. The van der Waals surface area contributed by atoms with Gasteiger partial charge >= 0.3 is 0 Å². The Morgan fingerprint density at radius 1 is 1.00 bits per heavy atom. The van der Waals surface area contributed by atoms with E-state index in [1.807, 2.05) is 12.1 Å². The molecule has 2 aromatic carbocycles. The topological polar surface area (TPSA) is 66.5 Å². The zero-order chi connectivity index (χ0) is 21.0. The van der Waals surface area contributed by atoms with Crippen molar-refractivity contribution in [2.75, 3.05) is 41.7 Å². The molecule has 0 aromatic heterocycles. The number of hydrogen-bond donors (Lipinski definition) is 0. The summed E-state index contributed by atoms with van der Waals surface area (Å²) in [6.07, 6.45) is 1.51. The minimum Gasteiger partial charge on any atom is -0.493 e. The van der Waals surface area contributed by atoms with E-state index >= 15 is 0 Å². The van der Waals surface area contributed by atoms with Crippen LogP contribution in [0.2, 0.25) is 0 Å². The van der Waals surface area contributed by atoms with Crippen molar-refractivity contribution in [3.05, 3.63) is 40.5 Å². The van der Waals surface area contributed by atoms with Crippen LogP contribution in [0, 0.1) is 5.92 Å². The van der Waals surface area contributed by atoms with Gasteiger partial charge < -0.3 is 23.7 Å². The number of carbonyl (C=O) groups is 1.